The molecule has 3 rings (SSSR count). The summed E-state index contributed by atoms with van der Waals surface area (Å²) in [5.41, 5.74) is 6.92. The van der Waals surface area contributed by atoms with Crippen molar-refractivity contribution in [2.24, 2.45) is 10.7 Å². The fourth-order valence-corrected chi connectivity index (χ4v) is 3.24. The lowest BCUT2D eigenvalue weighted by molar-refractivity contribution is -0.274. The minimum absolute atomic E-state index is 0.0319. The number of benzene rings is 2. The first-order valence-corrected chi connectivity index (χ1v) is 9.81. The average Bonchev–Trinajstić information content (AvgIpc) is 2.75. The van der Waals surface area contributed by atoms with Gasteiger partial charge in [0.1, 0.15) is 0 Å². The zero-order valence-electron chi connectivity index (χ0n) is 16.8. The van der Waals surface area contributed by atoms with Gasteiger partial charge in [0.2, 0.25) is 5.91 Å². The van der Waals surface area contributed by atoms with E-state index in [1.807, 2.05) is 30.3 Å². The van der Waals surface area contributed by atoms with E-state index in [0.717, 1.165) is 18.8 Å². The number of hydrogen-bond donors (Lipinski definition) is 2. The second-order valence-corrected chi connectivity index (χ2v) is 6.89. The quantitative estimate of drug-likeness (QED) is 0.538. The van der Waals surface area contributed by atoms with Gasteiger partial charge in [0.25, 0.3) is 0 Å². The molecule has 1 heterocycles. The van der Waals surface area contributed by atoms with Gasteiger partial charge in [-0.1, -0.05) is 30.3 Å². The Balaban J connectivity index is 1.46. The SMILES string of the molecule is NC(=NCCC(=O)N1CCN(c2ccccc2)CC1)Nc1ccccc1OC(F)(F)F. The highest BCUT2D eigenvalue weighted by Crippen LogP contribution is 2.29. The van der Waals surface area contributed by atoms with E-state index >= 15 is 0 Å². The van der Waals surface area contributed by atoms with Crippen molar-refractivity contribution >= 4 is 23.2 Å². The van der Waals surface area contributed by atoms with E-state index in [1.165, 1.54) is 24.3 Å². The Morgan fingerprint density at radius 1 is 1.03 bits per heavy atom. The molecule has 2 aromatic rings. The molecule has 10 heteroatoms. The second-order valence-electron chi connectivity index (χ2n) is 6.89. The summed E-state index contributed by atoms with van der Waals surface area (Å²) in [7, 11) is 0. The summed E-state index contributed by atoms with van der Waals surface area (Å²) in [6, 6.07) is 15.5. The molecule has 31 heavy (non-hydrogen) atoms. The number of halogens is 3. The van der Waals surface area contributed by atoms with E-state index in [0.29, 0.717) is 13.1 Å². The number of nitrogens with two attached hydrogens (primary N) is 1. The molecular weight excluding hydrogens is 411 g/mol. The highest BCUT2D eigenvalue weighted by molar-refractivity contribution is 5.93. The van der Waals surface area contributed by atoms with Crippen molar-refractivity contribution in [2.75, 3.05) is 42.9 Å². The van der Waals surface area contributed by atoms with E-state index in [4.69, 9.17) is 5.73 Å². The Bertz CT molecular complexity index is 897. The number of nitrogens with zero attached hydrogens (tertiary/aromatic N) is 3. The number of carbonyl (C=O) groups is 1. The van der Waals surface area contributed by atoms with Crippen LogP contribution >= 0.6 is 0 Å². The van der Waals surface area contributed by atoms with Gasteiger partial charge in [-0.2, -0.15) is 0 Å². The molecule has 166 valence electrons. The van der Waals surface area contributed by atoms with E-state index < -0.39 is 12.1 Å². The fourth-order valence-electron chi connectivity index (χ4n) is 3.24. The van der Waals surface area contributed by atoms with Gasteiger partial charge in [0, 0.05) is 38.3 Å². The molecule has 0 saturated carbocycles. The van der Waals surface area contributed by atoms with Crippen LogP contribution in [0, 0.1) is 0 Å². The number of amides is 1. The molecule has 0 radical (unpaired) electrons. The van der Waals surface area contributed by atoms with Gasteiger partial charge < -0.3 is 25.6 Å². The molecular formula is C21H24F3N5O2. The number of guanidine groups is 1. The third kappa shape index (κ3) is 6.80. The smallest absolute Gasteiger partial charge is 0.404 e. The van der Waals surface area contributed by atoms with Gasteiger partial charge in [-0.3, -0.25) is 9.79 Å². The average molecular weight is 435 g/mol. The number of para-hydroxylation sites is 3. The van der Waals surface area contributed by atoms with E-state index in [-0.39, 0.29) is 30.5 Å². The van der Waals surface area contributed by atoms with E-state index in [2.05, 4.69) is 19.9 Å². The van der Waals surface area contributed by atoms with Gasteiger partial charge in [-0.15, -0.1) is 13.2 Å². The van der Waals surface area contributed by atoms with Crippen LogP contribution in [0.3, 0.4) is 0 Å². The Morgan fingerprint density at radius 2 is 1.68 bits per heavy atom. The van der Waals surface area contributed by atoms with Crippen LogP contribution in [-0.2, 0) is 4.79 Å². The summed E-state index contributed by atoms with van der Waals surface area (Å²) < 4.78 is 41.4. The van der Waals surface area contributed by atoms with Crippen LogP contribution < -0.4 is 20.7 Å². The Morgan fingerprint density at radius 3 is 2.35 bits per heavy atom. The minimum Gasteiger partial charge on any atom is -0.404 e. The van der Waals surface area contributed by atoms with Crippen molar-refractivity contribution in [2.45, 2.75) is 12.8 Å². The van der Waals surface area contributed by atoms with Crippen LogP contribution in [0.5, 0.6) is 5.75 Å². The first-order chi connectivity index (χ1) is 14.8. The van der Waals surface area contributed by atoms with Gasteiger partial charge in [0.15, 0.2) is 11.7 Å². The highest BCUT2D eigenvalue weighted by atomic mass is 19.4. The van der Waals surface area contributed by atoms with Gasteiger partial charge in [-0.05, 0) is 24.3 Å². The maximum absolute atomic E-state index is 12.5. The molecule has 0 atom stereocenters. The van der Waals surface area contributed by atoms with Gasteiger partial charge in [-0.25, -0.2) is 0 Å². The van der Waals surface area contributed by atoms with E-state index in [1.54, 1.807) is 4.90 Å². The lowest BCUT2D eigenvalue weighted by Gasteiger charge is -2.36. The lowest BCUT2D eigenvalue weighted by atomic mass is 10.2. The predicted octanol–water partition coefficient (Wildman–Crippen LogP) is 3.05. The van der Waals surface area contributed by atoms with Crippen LogP contribution in [-0.4, -0.2) is 55.9 Å². The number of carbonyl (C=O) groups excluding carboxylic acids is 1. The Labute approximate surface area is 178 Å². The van der Waals surface area contributed by atoms with Crippen LogP contribution in [0.4, 0.5) is 24.5 Å². The number of hydrogen-bond acceptors (Lipinski definition) is 4. The summed E-state index contributed by atoms with van der Waals surface area (Å²) in [6.45, 7) is 2.86. The van der Waals surface area contributed by atoms with Crippen LogP contribution in [0.1, 0.15) is 6.42 Å². The molecule has 0 aromatic heterocycles. The van der Waals surface area contributed by atoms with Crippen molar-refractivity contribution < 1.29 is 22.7 Å². The Kier molecular flexibility index (Phi) is 7.22. The lowest BCUT2D eigenvalue weighted by Crippen LogP contribution is -2.48. The van der Waals surface area contributed by atoms with Gasteiger partial charge in [0.05, 0.1) is 12.2 Å². The topological polar surface area (TPSA) is 83.2 Å². The summed E-state index contributed by atoms with van der Waals surface area (Å²) in [6.07, 6.45) is -4.66. The zero-order chi connectivity index (χ0) is 22.3. The molecule has 1 fully saturated rings. The first kappa shape index (κ1) is 22.3. The summed E-state index contributed by atoms with van der Waals surface area (Å²) in [5.74, 6) is -0.550. The molecule has 3 N–H and O–H groups in total. The summed E-state index contributed by atoms with van der Waals surface area (Å²) >= 11 is 0. The summed E-state index contributed by atoms with van der Waals surface area (Å²) in [5, 5.41) is 2.58. The molecule has 1 amide bonds. The van der Waals surface area contributed by atoms with Gasteiger partial charge >= 0.3 is 6.36 Å². The maximum Gasteiger partial charge on any atom is 0.573 e. The number of piperazine rings is 1. The highest BCUT2D eigenvalue weighted by Gasteiger charge is 2.32. The van der Waals surface area contributed by atoms with Crippen molar-refractivity contribution in [3.63, 3.8) is 0 Å². The molecule has 0 aliphatic carbocycles. The number of rotatable bonds is 6. The fraction of sp³-hybridized carbons (Fsp3) is 0.333. The summed E-state index contributed by atoms with van der Waals surface area (Å²) in [4.78, 5) is 20.5. The number of alkyl halides is 3. The third-order valence-electron chi connectivity index (χ3n) is 4.74. The monoisotopic (exact) mass is 435 g/mol. The van der Waals surface area contributed by atoms with Crippen LogP contribution in [0.15, 0.2) is 59.6 Å². The standard InChI is InChI=1S/C21H24F3N5O2/c22-21(23,24)31-18-9-5-4-8-17(18)27-20(25)26-11-10-19(30)29-14-12-28(13-15-29)16-6-2-1-3-7-16/h1-9H,10-15H2,(H3,25,26,27). The van der Waals surface area contributed by atoms with Crippen molar-refractivity contribution in [3.05, 3.63) is 54.6 Å². The van der Waals surface area contributed by atoms with Crippen LogP contribution in [0.2, 0.25) is 0 Å². The number of aliphatic imine (C=N–C) groups is 1. The number of anilines is 2. The zero-order valence-corrected chi connectivity index (χ0v) is 16.8. The molecule has 7 nitrogen and oxygen atoms in total. The third-order valence-corrected chi connectivity index (χ3v) is 4.74. The van der Waals surface area contributed by atoms with Crippen molar-refractivity contribution in [1.82, 2.24) is 4.90 Å². The number of nitrogens with one attached hydrogen (secondary N) is 1. The van der Waals surface area contributed by atoms with Crippen molar-refractivity contribution in [3.8, 4) is 5.75 Å². The minimum atomic E-state index is -4.82. The normalized spacial score (nSPS) is 15.0. The Hall–Kier alpha value is -3.43. The van der Waals surface area contributed by atoms with E-state index in [9.17, 15) is 18.0 Å². The predicted molar refractivity (Wildman–Crippen MR) is 113 cm³/mol. The van der Waals surface area contributed by atoms with Crippen molar-refractivity contribution in [1.29, 1.82) is 0 Å². The molecule has 0 bridgehead atoms. The molecule has 1 aliphatic rings. The first-order valence-electron chi connectivity index (χ1n) is 9.81. The molecule has 0 unspecified atom stereocenters. The molecule has 2 aromatic carbocycles. The second kappa shape index (κ2) is 10.1. The largest absolute Gasteiger partial charge is 0.573 e. The van der Waals surface area contributed by atoms with Crippen LogP contribution in [0.25, 0.3) is 0 Å². The maximum atomic E-state index is 12.5. The molecule has 1 saturated heterocycles. The molecule has 1 aliphatic heterocycles. The molecule has 0 spiro atoms. The number of ether oxygens (including phenoxy) is 1.